The second kappa shape index (κ2) is 7.69. The summed E-state index contributed by atoms with van der Waals surface area (Å²) in [6, 6.07) is 8.63. The van der Waals surface area contributed by atoms with Gasteiger partial charge in [0.1, 0.15) is 5.76 Å². The fourth-order valence-corrected chi connectivity index (χ4v) is 4.98. The Morgan fingerprint density at radius 3 is 1.84 bits per heavy atom. The number of sulfonamides is 2. The third-order valence-corrected chi connectivity index (χ3v) is 7.72. The van der Waals surface area contributed by atoms with Crippen LogP contribution in [0.2, 0.25) is 0 Å². The predicted octanol–water partition coefficient (Wildman–Crippen LogP) is 2.13. The maximum Gasteiger partial charge on any atom is 0.243 e. The van der Waals surface area contributed by atoms with Gasteiger partial charge in [-0.05, 0) is 36.4 Å². The third kappa shape index (κ3) is 4.12. The lowest BCUT2D eigenvalue weighted by Crippen LogP contribution is -2.30. The minimum atomic E-state index is -3.74. The molecule has 1 heterocycles. The van der Waals surface area contributed by atoms with Crippen LogP contribution in [0, 0.1) is 0 Å². The highest BCUT2D eigenvalue weighted by atomic mass is 32.2. The average Bonchev–Trinajstić information content (AvgIpc) is 3.08. The SMILES string of the molecule is CCN(CC)S(=O)(=O)c1ccc(S(=O)(=O)N(C)Cc2ccco2)cc1. The van der Waals surface area contributed by atoms with Gasteiger partial charge in [-0.25, -0.2) is 16.8 Å². The van der Waals surface area contributed by atoms with Gasteiger partial charge in [0.2, 0.25) is 20.0 Å². The van der Waals surface area contributed by atoms with Gasteiger partial charge in [-0.1, -0.05) is 13.8 Å². The van der Waals surface area contributed by atoms with E-state index in [9.17, 15) is 16.8 Å². The molecule has 0 amide bonds. The molecule has 0 atom stereocenters. The molecule has 0 aliphatic rings. The molecule has 2 rings (SSSR count). The van der Waals surface area contributed by atoms with Gasteiger partial charge in [-0.15, -0.1) is 0 Å². The van der Waals surface area contributed by atoms with Crippen molar-refractivity contribution in [2.75, 3.05) is 20.1 Å². The fourth-order valence-electron chi connectivity index (χ4n) is 2.38. The van der Waals surface area contributed by atoms with E-state index in [1.54, 1.807) is 26.0 Å². The highest BCUT2D eigenvalue weighted by Crippen LogP contribution is 2.21. The van der Waals surface area contributed by atoms with Crippen LogP contribution in [-0.4, -0.2) is 45.6 Å². The number of hydrogen-bond donors (Lipinski definition) is 0. The Morgan fingerprint density at radius 2 is 1.40 bits per heavy atom. The number of rotatable bonds is 8. The Bertz CT molecular complexity index is 885. The molecule has 9 heteroatoms. The maximum absolute atomic E-state index is 12.6. The Hall–Kier alpha value is -1.68. The summed E-state index contributed by atoms with van der Waals surface area (Å²) in [5.74, 6) is 0.520. The summed E-state index contributed by atoms with van der Waals surface area (Å²) >= 11 is 0. The van der Waals surface area contributed by atoms with Crippen molar-refractivity contribution in [1.82, 2.24) is 8.61 Å². The van der Waals surface area contributed by atoms with Crippen molar-refractivity contribution >= 4 is 20.0 Å². The van der Waals surface area contributed by atoms with Crippen LogP contribution in [0.25, 0.3) is 0 Å². The van der Waals surface area contributed by atoms with Gasteiger partial charge in [0.15, 0.2) is 0 Å². The summed E-state index contributed by atoms with van der Waals surface area (Å²) in [6.07, 6.45) is 1.47. The Kier molecular flexibility index (Phi) is 6.04. The van der Waals surface area contributed by atoms with E-state index in [4.69, 9.17) is 4.42 Å². The van der Waals surface area contributed by atoms with Crippen molar-refractivity contribution in [2.24, 2.45) is 0 Å². The topological polar surface area (TPSA) is 87.9 Å². The molecule has 138 valence electrons. The van der Waals surface area contributed by atoms with Gasteiger partial charge in [0.05, 0.1) is 22.6 Å². The van der Waals surface area contributed by atoms with E-state index in [2.05, 4.69) is 0 Å². The Labute approximate surface area is 149 Å². The van der Waals surface area contributed by atoms with Gasteiger partial charge < -0.3 is 4.42 Å². The van der Waals surface area contributed by atoms with Gasteiger partial charge >= 0.3 is 0 Å². The molecule has 0 aliphatic carbocycles. The van der Waals surface area contributed by atoms with Crippen molar-refractivity contribution in [3.63, 3.8) is 0 Å². The zero-order valence-electron chi connectivity index (χ0n) is 14.4. The maximum atomic E-state index is 12.6. The molecule has 0 radical (unpaired) electrons. The van der Waals surface area contributed by atoms with Crippen LogP contribution in [0.4, 0.5) is 0 Å². The summed E-state index contributed by atoms with van der Waals surface area (Å²) < 4.78 is 57.7. The van der Waals surface area contributed by atoms with Crippen LogP contribution in [0.1, 0.15) is 19.6 Å². The van der Waals surface area contributed by atoms with Crippen molar-refractivity contribution in [3.05, 3.63) is 48.4 Å². The van der Waals surface area contributed by atoms with Crippen LogP contribution in [0.15, 0.2) is 56.9 Å². The molecule has 7 nitrogen and oxygen atoms in total. The molecule has 0 N–H and O–H groups in total. The minimum Gasteiger partial charge on any atom is -0.468 e. The van der Waals surface area contributed by atoms with Crippen molar-refractivity contribution in [1.29, 1.82) is 0 Å². The average molecular weight is 386 g/mol. The first-order valence-electron chi connectivity index (χ1n) is 7.82. The minimum absolute atomic E-state index is 0.0278. The van der Waals surface area contributed by atoms with Gasteiger partial charge in [-0.2, -0.15) is 8.61 Å². The molecule has 0 bridgehead atoms. The zero-order chi connectivity index (χ0) is 18.7. The van der Waals surface area contributed by atoms with Crippen molar-refractivity contribution in [2.45, 2.75) is 30.2 Å². The summed E-state index contributed by atoms with van der Waals surface area (Å²) in [7, 11) is -5.92. The summed E-state index contributed by atoms with van der Waals surface area (Å²) in [5, 5.41) is 0. The Morgan fingerprint density at radius 1 is 0.880 bits per heavy atom. The number of benzene rings is 1. The lowest BCUT2D eigenvalue weighted by Gasteiger charge is -2.19. The molecule has 2 aromatic rings. The smallest absolute Gasteiger partial charge is 0.243 e. The molecular formula is C16H22N2O5S2. The molecular weight excluding hydrogens is 364 g/mol. The highest BCUT2D eigenvalue weighted by Gasteiger charge is 2.25. The molecule has 0 unspecified atom stereocenters. The highest BCUT2D eigenvalue weighted by molar-refractivity contribution is 7.89. The second-order valence-electron chi connectivity index (χ2n) is 5.40. The largest absolute Gasteiger partial charge is 0.468 e. The van der Waals surface area contributed by atoms with Gasteiger partial charge in [0, 0.05) is 20.1 Å². The summed E-state index contributed by atoms with van der Waals surface area (Å²) in [5.41, 5.74) is 0. The first kappa shape index (κ1) is 19.6. The van der Waals surface area contributed by atoms with Crippen molar-refractivity contribution < 1.29 is 21.3 Å². The van der Waals surface area contributed by atoms with Crippen LogP contribution in [0.5, 0.6) is 0 Å². The van der Waals surface area contributed by atoms with Crippen molar-refractivity contribution in [3.8, 4) is 0 Å². The molecule has 1 aromatic carbocycles. The lowest BCUT2D eigenvalue weighted by atomic mass is 10.4. The first-order chi connectivity index (χ1) is 11.7. The van der Waals surface area contributed by atoms with E-state index in [1.165, 1.54) is 41.9 Å². The van der Waals surface area contributed by atoms with E-state index >= 15 is 0 Å². The fraction of sp³-hybridized carbons (Fsp3) is 0.375. The first-order valence-corrected chi connectivity index (χ1v) is 10.7. The normalized spacial score (nSPS) is 12.8. The number of nitrogens with zero attached hydrogens (tertiary/aromatic N) is 2. The van der Waals surface area contributed by atoms with E-state index in [0.717, 1.165) is 4.31 Å². The Balaban J connectivity index is 2.26. The molecule has 25 heavy (non-hydrogen) atoms. The number of hydrogen-bond acceptors (Lipinski definition) is 5. The molecule has 0 fully saturated rings. The molecule has 1 aromatic heterocycles. The van der Waals surface area contributed by atoms with Crippen LogP contribution in [0.3, 0.4) is 0 Å². The molecule has 0 saturated heterocycles. The monoisotopic (exact) mass is 386 g/mol. The lowest BCUT2D eigenvalue weighted by molar-refractivity contribution is 0.406. The standard InChI is InChI=1S/C16H22N2O5S2/c1-4-18(5-2)25(21,22)16-10-8-15(9-11-16)24(19,20)17(3)13-14-7-6-12-23-14/h6-12H,4-5,13H2,1-3H3. The van der Waals surface area contributed by atoms with E-state index in [0.29, 0.717) is 18.8 Å². The van der Waals surface area contributed by atoms with E-state index in [1.807, 2.05) is 0 Å². The molecule has 0 spiro atoms. The van der Waals surface area contributed by atoms with Gasteiger partial charge in [0.25, 0.3) is 0 Å². The summed E-state index contributed by atoms with van der Waals surface area (Å²) in [4.78, 5) is 0.101. The molecule has 0 saturated carbocycles. The number of furan rings is 1. The van der Waals surface area contributed by atoms with E-state index in [-0.39, 0.29) is 16.3 Å². The third-order valence-electron chi connectivity index (χ3n) is 3.83. The predicted molar refractivity (Wildman–Crippen MR) is 93.9 cm³/mol. The zero-order valence-corrected chi connectivity index (χ0v) is 16.0. The van der Waals surface area contributed by atoms with Gasteiger partial charge in [-0.3, -0.25) is 0 Å². The van der Waals surface area contributed by atoms with Crippen LogP contribution >= 0.6 is 0 Å². The molecule has 0 aliphatic heterocycles. The van der Waals surface area contributed by atoms with E-state index < -0.39 is 20.0 Å². The second-order valence-corrected chi connectivity index (χ2v) is 9.38. The van der Waals surface area contributed by atoms with Crippen LogP contribution in [-0.2, 0) is 26.6 Å². The quantitative estimate of drug-likeness (QED) is 0.693. The van der Waals surface area contributed by atoms with Crippen LogP contribution < -0.4 is 0 Å². The summed E-state index contributed by atoms with van der Waals surface area (Å²) in [6.45, 7) is 4.30.